The minimum atomic E-state index is 0.323. The Labute approximate surface area is 103 Å². The average molecular weight is 231 g/mol. The highest BCUT2D eigenvalue weighted by molar-refractivity contribution is 5.48. The Hall–Kier alpha value is -1.02. The molecule has 0 radical (unpaired) electrons. The zero-order valence-corrected chi connectivity index (χ0v) is 10.5. The summed E-state index contributed by atoms with van der Waals surface area (Å²) in [5.74, 6) is 0.836. The van der Waals surface area contributed by atoms with Gasteiger partial charge in [0.25, 0.3) is 0 Å². The molecule has 92 valence electrons. The molecule has 0 spiro atoms. The van der Waals surface area contributed by atoms with Gasteiger partial charge in [-0.2, -0.15) is 0 Å². The summed E-state index contributed by atoms with van der Waals surface area (Å²) in [7, 11) is 1.98. The zero-order valence-electron chi connectivity index (χ0n) is 10.5. The molecule has 0 amide bonds. The molecular weight excluding hydrogens is 210 g/mol. The van der Waals surface area contributed by atoms with Gasteiger partial charge in [0, 0.05) is 18.2 Å². The highest BCUT2D eigenvalue weighted by Crippen LogP contribution is 2.47. The number of hydrogen-bond acceptors (Lipinski definition) is 2. The topological polar surface area (TPSA) is 21.3 Å². The van der Waals surface area contributed by atoms with Crippen molar-refractivity contribution in [3.05, 3.63) is 29.8 Å². The zero-order chi connectivity index (χ0) is 11.7. The maximum Gasteiger partial charge on any atom is 0.0588 e. The van der Waals surface area contributed by atoms with E-state index < -0.39 is 0 Å². The van der Waals surface area contributed by atoms with Gasteiger partial charge in [-0.05, 0) is 36.5 Å². The summed E-state index contributed by atoms with van der Waals surface area (Å²) in [6, 6.07) is 8.88. The largest absolute Gasteiger partial charge is 0.388 e. The fraction of sp³-hybridized carbons (Fsp3) is 0.600. The summed E-state index contributed by atoms with van der Waals surface area (Å²) in [6.45, 7) is 1.84. The lowest BCUT2D eigenvalue weighted by Crippen LogP contribution is -2.51. The van der Waals surface area contributed by atoms with Crippen LogP contribution in [0.3, 0.4) is 0 Å². The highest BCUT2D eigenvalue weighted by Gasteiger charge is 2.47. The molecule has 0 aromatic heterocycles. The summed E-state index contributed by atoms with van der Waals surface area (Å²) in [5, 5.41) is 3.24. The molecule has 0 unspecified atom stereocenters. The minimum absolute atomic E-state index is 0.323. The first kappa shape index (κ1) is 11.1. The Balaban J connectivity index is 1.93. The van der Waals surface area contributed by atoms with E-state index in [0.29, 0.717) is 5.41 Å². The molecule has 1 heterocycles. The number of rotatable bonds is 3. The molecular formula is C15H21NO. The third kappa shape index (κ3) is 1.75. The fourth-order valence-corrected chi connectivity index (χ4v) is 3.42. The van der Waals surface area contributed by atoms with Gasteiger partial charge in [0.2, 0.25) is 0 Å². The van der Waals surface area contributed by atoms with Crippen molar-refractivity contribution in [1.29, 1.82) is 0 Å². The van der Waals surface area contributed by atoms with Crippen LogP contribution in [0.1, 0.15) is 31.2 Å². The van der Waals surface area contributed by atoms with Gasteiger partial charge in [0.15, 0.2) is 0 Å². The number of ether oxygens (including phenoxy) is 1. The lowest BCUT2D eigenvalue weighted by Gasteiger charge is -2.46. The van der Waals surface area contributed by atoms with Crippen molar-refractivity contribution >= 4 is 5.69 Å². The Bertz CT molecular complexity index is 392. The van der Waals surface area contributed by atoms with Crippen LogP contribution in [-0.2, 0) is 10.2 Å². The SMILES string of the molecule is CNc1cccc(C2(C3CCCC3)COC2)c1. The van der Waals surface area contributed by atoms with E-state index in [1.54, 1.807) is 0 Å². The molecule has 17 heavy (non-hydrogen) atoms. The maximum absolute atomic E-state index is 5.56. The van der Waals surface area contributed by atoms with Crippen molar-refractivity contribution in [2.45, 2.75) is 31.1 Å². The van der Waals surface area contributed by atoms with Gasteiger partial charge < -0.3 is 10.1 Å². The first-order valence-electron chi connectivity index (χ1n) is 6.71. The predicted molar refractivity (Wildman–Crippen MR) is 70.4 cm³/mol. The molecule has 2 aliphatic rings. The third-order valence-corrected chi connectivity index (χ3v) is 4.58. The summed E-state index contributed by atoms with van der Waals surface area (Å²) < 4.78 is 5.56. The Morgan fingerprint density at radius 3 is 2.59 bits per heavy atom. The van der Waals surface area contributed by atoms with Crippen LogP contribution in [0.2, 0.25) is 0 Å². The van der Waals surface area contributed by atoms with Gasteiger partial charge in [0.05, 0.1) is 13.2 Å². The smallest absolute Gasteiger partial charge is 0.0588 e. The summed E-state index contributed by atoms with van der Waals surface area (Å²) in [6.07, 6.45) is 5.57. The highest BCUT2D eigenvalue weighted by atomic mass is 16.5. The number of anilines is 1. The second-order valence-electron chi connectivity index (χ2n) is 5.46. The predicted octanol–water partition coefficient (Wildman–Crippen LogP) is 3.19. The van der Waals surface area contributed by atoms with Crippen molar-refractivity contribution in [2.75, 3.05) is 25.6 Å². The van der Waals surface area contributed by atoms with Gasteiger partial charge in [-0.1, -0.05) is 25.0 Å². The van der Waals surface area contributed by atoms with Gasteiger partial charge in [0.1, 0.15) is 0 Å². The van der Waals surface area contributed by atoms with Crippen LogP contribution >= 0.6 is 0 Å². The average Bonchev–Trinajstić information content (AvgIpc) is 2.82. The second-order valence-corrected chi connectivity index (χ2v) is 5.46. The van der Waals surface area contributed by atoms with Crippen LogP contribution in [0.25, 0.3) is 0 Å². The van der Waals surface area contributed by atoms with Crippen LogP contribution in [0.4, 0.5) is 5.69 Å². The Kier molecular flexibility index (Phi) is 2.83. The van der Waals surface area contributed by atoms with E-state index in [1.807, 2.05) is 7.05 Å². The Morgan fingerprint density at radius 1 is 1.24 bits per heavy atom. The summed E-state index contributed by atoms with van der Waals surface area (Å²) >= 11 is 0. The first-order chi connectivity index (χ1) is 8.35. The molecule has 1 saturated carbocycles. The molecule has 2 nitrogen and oxygen atoms in total. The molecule has 1 aromatic carbocycles. The molecule has 3 rings (SSSR count). The van der Waals surface area contributed by atoms with Gasteiger partial charge in [-0.25, -0.2) is 0 Å². The van der Waals surface area contributed by atoms with E-state index in [0.717, 1.165) is 19.1 Å². The van der Waals surface area contributed by atoms with Crippen molar-refractivity contribution in [3.8, 4) is 0 Å². The van der Waals surface area contributed by atoms with E-state index in [4.69, 9.17) is 4.74 Å². The number of benzene rings is 1. The first-order valence-corrected chi connectivity index (χ1v) is 6.71. The fourth-order valence-electron chi connectivity index (χ4n) is 3.42. The normalized spacial score (nSPS) is 23.4. The van der Waals surface area contributed by atoms with Gasteiger partial charge in [-0.15, -0.1) is 0 Å². The minimum Gasteiger partial charge on any atom is -0.388 e. The van der Waals surface area contributed by atoms with Crippen LogP contribution in [0.15, 0.2) is 24.3 Å². The maximum atomic E-state index is 5.56. The molecule has 2 fully saturated rings. The van der Waals surface area contributed by atoms with Gasteiger partial charge in [-0.3, -0.25) is 0 Å². The molecule has 0 atom stereocenters. The van der Waals surface area contributed by atoms with Gasteiger partial charge >= 0.3 is 0 Å². The summed E-state index contributed by atoms with van der Waals surface area (Å²) in [5.41, 5.74) is 3.01. The van der Waals surface area contributed by atoms with Crippen LogP contribution in [-0.4, -0.2) is 20.3 Å². The van der Waals surface area contributed by atoms with E-state index in [-0.39, 0.29) is 0 Å². The lowest BCUT2D eigenvalue weighted by atomic mass is 9.68. The standard InChI is InChI=1S/C15H21NO/c1-16-14-8-4-7-13(9-14)15(10-17-11-15)12-5-2-3-6-12/h4,7-9,12,16H,2-3,5-6,10-11H2,1H3. The van der Waals surface area contributed by atoms with Crippen LogP contribution in [0.5, 0.6) is 0 Å². The molecule has 1 aromatic rings. The van der Waals surface area contributed by atoms with Crippen LogP contribution in [0, 0.1) is 5.92 Å². The molecule has 1 N–H and O–H groups in total. The quantitative estimate of drug-likeness (QED) is 0.862. The number of nitrogens with one attached hydrogen (secondary N) is 1. The van der Waals surface area contributed by atoms with E-state index in [9.17, 15) is 0 Å². The monoisotopic (exact) mass is 231 g/mol. The van der Waals surface area contributed by atoms with Crippen molar-refractivity contribution < 1.29 is 4.74 Å². The van der Waals surface area contributed by atoms with Crippen molar-refractivity contribution in [1.82, 2.24) is 0 Å². The van der Waals surface area contributed by atoms with E-state index in [1.165, 1.54) is 36.9 Å². The molecule has 2 heteroatoms. The molecule has 1 aliphatic heterocycles. The number of hydrogen-bond donors (Lipinski definition) is 1. The molecule has 0 bridgehead atoms. The van der Waals surface area contributed by atoms with Crippen molar-refractivity contribution in [2.24, 2.45) is 5.92 Å². The Morgan fingerprint density at radius 2 is 2.00 bits per heavy atom. The lowest BCUT2D eigenvalue weighted by molar-refractivity contribution is -0.0895. The van der Waals surface area contributed by atoms with Crippen molar-refractivity contribution in [3.63, 3.8) is 0 Å². The molecule has 1 aliphatic carbocycles. The third-order valence-electron chi connectivity index (χ3n) is 4.58. The van der Waals surface area contributed by atoms with Crippen LogP contribution < -0.4 is 5.32 Å². The summed E-state index contributed by atoms with van der Waals surface area (Å²) in [4.78, 5) is 0. The van der Waals surface area contributed by atoms with E-state index in [2.05, 4.69) is 29.6 Å². The molecule has 1 saturated heterocycles. The second kappa shape index (κ2) is 4.34. The van der Waals surface area contributed by atoms with E-state index >= 15 is 0 Å².